The lowest BCUT2D eigenvalue weighted by Gasteiger charge is -2.24. The molecular weight excluding hydrogens is 444 g/mol. The third-order valence-corrected chi connectivity index (χ3v) is 6.60. The smallest absolute Gasteiger partial charge is 0.232 e. The van der Waals surface area contributed by atoms with Crippen LogP contribution in [0.1, 0.15) is 18.4 Å². The number of nitrogens with one attached hydrogen (secondary N) is 1. The van der Waals surface area contributed by atoms with Gasteiger partial charge in [0.2, 0.25) is 21.1 Å². The summed E-state index contributed by atoms with van der Waals surface area (Å²) in [4.78, 5) is 12.3. The van der Waals surface area contributed by atoms with Crippen LogP contribution in [-0.4, -0.2) is 37.3 Å². The number of amides is 1. The summed E-state index contributed by atoms with van der Waals surface area (Å²) in [5.41, 5.74) is 2.23. The first-order valence-electron chi connectivity index (χ1n) is 9.16. The van der Waals surface area contributed by atoms with Crippen molar-refractivity contribution in [2.24, 2.45) is 0 Å². The zero-order chi connectivity index (χ0) is 21.7. The standard InChI is InChI=1S/C20H21ClN4O3S2/c1-14-10-11-16(21)13-17(14)25(30(2,27)28)12-6-9-18(26)22-20-24-23-19(29-20)15-7-4-3-5-8-15/h3-5,7-8,10-11,13H,6,9,12H2,1-2H3,(H,22,24,26). The number of carbonyl (C=O) groups excluding carboxylic acids is 1. The summed E-state index contributed by atoms with van der Waals surface area (Å²) in [6.07, 6.45) is 1.63. The number of hydrogen-bond acceptors (Lipinski definition) is 6. The molecule has 0 bridgehead atoms. The number of anilines is 2. The van der Waals surface area contributed by atoms with Gasteiger partial charge in [0.1, 0.15) is 5.01 Å². The van der Waals surface area contributed by atoms with Crippen molar-refractivity contribution in [3.05, 3.63) is 59.1 Å². The van der Waals surface area contributed by atoms with Gasteiger partial charge in [-0.3, -0.25) is 9.10 Å². The van der Waals surface area contributed by atoms with Crippen LogP contribution in [-0.2, 0) is 14.8 Å². The molecule has 3 aromatic rings. The molecular formula is C20H21ClN4O3S2. The molecule has 1 amide bonds. The van der Waals surface area contributed by atoms with Gasteiger partial charge >= 0.3 is 0 Å². The second kappa shape index (κ2) is 9.55. The number of hydrogen-bond donors (Lipinski definition) is 1. The quantitative estimate of drug-likeness (QED) is 0.535. The first kappa shape index (κ1) is 22.2. The Morgan fingerprint density at radius 1 is 1.17 bits per heavy atom. The van der Waals surface area contributed by atoms with Crippen LogP contribution in [0.4, 0.5) is 10.8 Å². The molecule has 158 valence electrons. The molecule has 0 fully saturated rings. The van der Waals surface area contributed by atoms with Crippen molar-refractivity contribution in [1.29, 1.82) is 0 Å². The first-order valence-corrected chi connectivity index (χ1v) is 12.2. The van der Waals surface area contributed by atoms with E-state index in [1.54, 1.807) is 18.2 Å². The molecule has 0 saturated carbocycles. The van der Waals surface area contributed by atoms with Crippen molar-refractivity contribution in [2.75, 3.05) is 22.4 Å². The molecule has 0 atom stereocenters. The molecule has 0 spiro atoms. The molecule has 1 aromatic heterocycles. The normalized spacial score (nSPS) is 11.3. The predicted molar refractivity (Wildman–Crippen MR) is 122 cm³/mol. The molecule has 7 nitrogen and oxygen atoms in total. The van der Waals surface area contributed by atoms with Crippen LogP contribution in [0.5, 0.6) is 0 Å². The third kappa shape index (κ3) is 5.78. The summed E-state index contributed by atoms with van der Waals surface area (Å²) in [5, 5.41) is 12.4. The Morgan fingerprint density at radius 3 is 2.60 bits per heavy atom. The van der Waals surface area contributed by atoms with Gasteiger partial charge in [-0.2, -0.15) is 0 Å². The van der Waals surface area contributed by atoms with Gasteiger partial charge in [0.15, 0.2) is 0 Å². The van der Waals surface area contributed by atoms with Crippen LogP contribution < -0.4 is 9.62 Å². The highest BCUT2D eigenvalue weighted by atomic mass is 35.5. The largest absolute Gasteiger partial charge is 0.301 e. The second-order valence-corrected chi connectivity index (χ2v) is 10.0. The number of aromatic nitrogens is 2. The number of benzene rings is 2. The molecule has 1 N–H and O–H groups in total. The molecule has 2 aromatic carbocycles. The van der Waals surface area contributed by atoms with Crippen molar-refractivity contribution < 1.29 is 13.2 Å². The summed E-state index contributed by atoms with van der Waals surface area (Å²) in [6, 6.07) is 14.7. The summed E-state index contributed by atoms with van der Waals surface area (Å²) in [5.74, 6) is -0.248. The summed E-state index contributed by atoms with van der Waals surface area (Å²) >= 11 is 7.32. The van der Waals surface area contributed by atoms with Crippen molar-refractivity contribution in [2.45, 2.75) is 19.8 Å². The van der Waals surface area contributed by atoms with Crippen LogP contribution in [0.3, 0.4) is 0 Å². The molecule has 3 rings (SSSR count). The van der Waals surface area contributed by atoms with Gasteiger partial charge in [-0.05, 0) is 31.0 Å². The van der Waals surface area contributed by atoms with E-state index in [0.717, 1.165) is 17.4 Å². The number of rotatable bonds is 8. The molecule has 0 aliphatic heterocycles. The van der Waals surface area contributed by atoms with Crippen LogP contribution in [0.15, 0.2) is 48.5 Å². The highest BCUT2D eigenvalue weighted by Crippen LogP contribution is 2.27. The maximum atomic E-state index is 12.3. The van der Waals surface area contributed by atoms with Crippen LogP contribution in [0.25, 0.3) is 10.6 Å². The van der Waals surface area contributed by atoms with E-state index in [9.17, 15) is 13.2 Å². The summed E-state index contributed by atoms with van der Waals surface area (Å²) in [7, 11) is -3.52. The third-order valence-electron chi connectivity index (χ3n) is 4.30. The lowest BCUT2D eigenvalue weighted by Crippen LogP contribution is -2.32. The highest BCUT2D eigenvalue weighted by molar-refractivity contribution is 7.92. The molecule has 0 radical (unpaired) electrons. The minimum Gasteiger partial charge on any atom is -0.301 e. The first-order chi connectivity index (χ1) is 14.2. The summed E-state index contributed by atoms with van der Waals surface area (Å²) in [6.45, 7) is 1.98. The van der Waals surface area contributed by atoms with E-state index in [1.807, 2.05) is 37.3 Å². The SMILES string of the molecule is Cc1ccc(Cl)cc1N(CCCC(=O)Nc1nnc(-c2ccccc2)s1)S(C)(=O)=O. The van der Waals surface area contributed by atoms with E-state index >= 15 is 0 Å². The molecule has 0 aliphatic carbocycles. The van der Waals surface area contributed by atoms with E-state index in [-0.39, 0.29) is 18.9 Å². The Kier molecular flexibility index (Phi) is 7.06. The van der Waals surface area contributed by atoms with Crippen molar-refractivity contribution in [1.82, 2.24) is 10.2 Å². The lowest BCUT2D eigenvalue weighted by atomic mass is 10.2. The maximum Gasteiger partial charge on any atom is 0.232 e. The fourth-order valence-electron chi connectivity index (χ4n) is 2.85. The molecule has 0 saturated heterocycles. The maximum absolute atomic E-state index is 12.3. The monoisotopic (exact) mass is 464 g/mol. The predicted octanol–water partition coefficient (Wildman–Crippen LogP) is 4.35. The molecule has 10 heteroatoms. The number of aryl methyl sites for hydroxylation is 1. The Hall–Kier alpha value is -2.49. The van der Waals surface area contributed by atoms with Gasteiger partial charge in [0, 0.05) is 23.6 Å². The van der Waals surface area contributed by atoms with Crippen molar-refractivity contribution >= 4 is 49.7 Å². The van der Waals surface area contributed by atoms with Crippen LogP contribution in [0.2, 0.25) is 5.02 Å². The van der Waals surface area contributed by atoms with Crippen LogP contribution >= 0.6 is 22.9 Å². The molecule has 30 heavy (non-hydrogen) atoms. The minimum absolute atomic E-state index is 0.145. The van der Waals surface area contributed by atoms with Gasteiger partial charge in [0.05, 0.1) is 11.9 Å². The van der Waals surface area contributed by atoms with E-state index < -0.39 is 10.0 Å². The number of nitrogens with zero attached hydrogens (tertiary/aromatic N) is 3. The Bertz CT molecular complexity index is 1130. The van der Waals surface area contributed by atoms with Crippen LogP contribution in [0, 0.1) is 6.92 Å². The topological polar surface area (TPSA) is 92.3 Å². The van der Waals surface area contributed by atoms with Gasteiger partial charge in [-0.1, -0.05) is 59.3 Å². The zero-order valence-corrected chi connectivity index (χ0v) is 18.9. The van der Waals surface area contributed by atoms with Gasteiger partial charge < -0.3 is 5.32 Å². The lowest BCUT2D eigenvalue weighted by molar-refractivity contribution is -0.116. The Labute approximate surface area is 184 Å². The number of halogens is 1. The van der Waals surface area contributed by atoms with E-state index in [0.29, 0.717) is 27.3 Å². The highest BCUT2D eigenvalue weighted by Gasteiger charge is 2.20. The fraction of sp³-hybridized carbons (Fsp3) is 0.250. The fourth-order valence-corrected chi connectivity index (χ4v) is 4.80. The average molecular weight is 465 g/mol. The van der Waals surface area contributed by atoms with Crippen molar-refractivity contribution in [3.8, 4) is 10.6 Å². The van der Waals surface area contributed by atoms with Gasteiger partial charge in [-0.25, -0.2) is 8.42 Å². The zero-order valence-electron chi connectivity index (χ0n) is 16.5. The number of sulfonamides is 1. The van der Waals surface area contributed by atoms with E-state index in [4.69, 9.17) is 11.6 Å². The van der Waals surface area contributed by atoms with E-state index in [2.05, 4.69) is 15.5 Å². The Balaban J connectivity index is 1.60. The van der Waals surface area contributed by atoms with Crippen molar-refractivity contribution in [3.63, 3.8) is 0 Å². The molecule has 1 heterocycles. The number of carbonyl (C=O) groups is 1. The molecule has 0 aliphatic rings. The second-order valence-electron chi connectivity index (χ2n) is 6.70. The van der Waals surface area contributed by atoms with Gasteiger partial charge in [-0.15, -0.1) is 10.2 Å². The Morgan fingerprint density at radius 2 is 1.90 bits per heavy atom. The summed E-state index contributed by atoms with van der Waals surface area (Å²) < 4.78 is 25.8. The molecule has 0 unspecified atom stereocenters. The van der Waals surface area contributed by atoms with Gasteiger partial charge in [0.25, 0.3) is 0 Å². The average Bonchev–Trinajstić information content (AvgIpc) is 3.15. The minimum atomic E-state index is -3.52. The van der Waals surface area contributed by atoms with E-state index in [1.165, 1.54) is 15.6 Å².